The van der Waals surface area contributed by atoms with Crippen molar-refractivity contribution in [2.75, 3.05) is 10.6 Å². The van der Waals surface area contributed by atoms with Gasteiger partial charge in [-0.2, -0.15) is 0 Å². The van der Waals surface area contributed by atoms with Crippen molar-refractivity contribution < 1.29 is 9.59 Å². The van der Waals surface area contributed by atoms with Crippen LogP contribution in [0.1, 0.15) is 65.3 Å². The molecule has 0 atom stereocenters. The Labute approximate surface area is 216 Å². The van der Waals surface area contributed by atoms with Crippen molar-refractivity contribution >= 4 is 34.8 Å². The molecule has 7 nitrogen and oxygen atoms in total. The summed E-state index contributed by atoms with van der Waals surface area (Å²) in [6.07, 6.45) is 5.65. The summed E-state index contributed by atoms with van der Waals surface area (Å²) in [7, 11) is 0. The molecule has 0 spiro atoms. The number of thiazole rings is 1. The van der Waals surface area contributed by atoms with E-state index in [0.29, 0.717) is 29.8 Å². The van der Waals surface area contributed by atoms with E-state index in [1.807, 2.05) is 48.5 Å². The van der Waals surface area contributed by atoms with Gasteiger partial charge >= 0.3 is 0 Å². The van der Waals surface area contributed by atoms with E-state index in [4.69, 9.17) is 0 Å². The molecule has 2 amide bonds. The minimum Gasteiger partial charge on any atom is -0.326 e. The molecule has 2 aromatic carbocycles. The predicted octanol–water partition coefficient (Wildman–Crippen LogP) is 6.30. The van der Waals surface area contributed by atoms with Gasteiger partial charge in [-0.3, -0.25) is 14.9 Å². The normalized spacial score (nSPS) is 10.5. The zero-order chi connectivity index (χ0) is 25.9. The third kappa shape index (κ3) is 8.39. The minimum absolute atomic E-state index is 0.000145. The van der Waals surface area contributed by atoms with Crippen molar-refractivity contribution in [1.82, 2.24) is 15.0 Å². The third-order valence-corrected chi connectivity index (χ3v) is 6.36. The van der Waals surface area contributed by atoms with Gasteiger partial charge in [0, 0.05) is 40.6 Å². The zero-order valence-corrected chi connectivity index (χ0v) is 21.8. The molecule has 0 fully saturated rings. The lowest BCUT2D eigenvalue weighted by Gasteiger charge is -2.06. The first-order chi connectivity index (χ1) is 17.3. The van der Waals surface area contributed by atoms with Gasteiger partial charge in [0.05, 0.1) is 11.4 Å². The van der Waals surface area contributed by atoms with Gasteiger partial charge in [0.15, 0.2) is 0 Å². The Hall–Kier alpha value is -3.91. The average molecular weight is 502 g/mol. The highest BCUT2D eigenvalue weighted by atomic mass is 32.1. The first kappa shape index (κ1) is 26.7. The second-order valence-corrected chi connectivity index (χ2v) is 9.87. The van der Waals surface area contributed by atoms with E-state index in [2.05, 4.69) is 53.3 Å². The number of aromatic nitrogens is 3. The van der Waals surface area contributed by atoms with Crippen LogP contribution in [0.3, 0.4) is 0 Å². The van der Waals surface area contributed by atoms with Gasteiger partial charge in [-0.1, -0.05) is 64.1 Å². The van der Waals surface area contributed by atoms with Crippen LogP contribution in [0.2, 0.25) is 0 Å². The van der Waals surface area contributed by atoms with Gasteiger partial charge in [0.1, 0.15) is 0 Å². The molecule has 0 bridgehead atoms. The van der Waals surface area contributed by atoms with E-state index in [-0.39, 0.29) is 11.8 Å². The monoisotopic (exact) mass is 501 g/mol. The molecule has 186 valence electrons. The fraction of sp³-hybridized carbons (Fsp3) is 0.250. The number of hydrogen-bond acceptors (Lipinski definition) is 6. The molecule has 0 saturated heterocycles. The van der Waals surface area contributed by atoms with E-state index >= 15 is 0 Å². The minimum atomic E-state index is -0.201. The van der Waals surface area contributed by atoms with Crippen molar-refractivity contribution in [3.63, 3.8) is 0 Å². The number of para-hydroxylation sites is 1. The second kappa shape index (κ2) is 13.3. The summed E-state index contributed by atoms with van der Waals surface area (Å²) in [4.78, 5) is 37.2. The lowest BCUT2D eigenvalue weighted by atomic mass is 10.1. The molecular weight excluding hydrogens is 470 g/mol. The first-order valence-electron chi connectivity index (χ1n) is 11.8. The van der Waals surface area contributed by atoms with Crippen molar-refractivity contribution in [2.24, 2.45) is 0 Å². The van der Waals surface area contributed by atoms with E-state index < -0.39 is 0 Å². The van der Waals surface area contributed by atoms with Crippen LogP contribution in [0.25, 0.3) is 0 Å². The highest BCUT2D eigenvalue weighted by Crippen LogP contribution is 2.21. The van der Waals surface area contributed by atoms with Gasteiger partial charge in [0.25, 0.3) is 5.91 Å². The summed E-state index contributed by atoms with van der Waals surface area (Å²) in [6, 6.07) is 18.5. The molecule has 0 radical (unpaired) electrons. The SMILES string of the molecule is CC(C)c1cnc(NC(=O)c2ccccc2)nc1.CC(C)c1ncc(CC(=O)Nc2ccccc2)s1. The quantitative estimate of drug-likeness (QED) is 0.310. The first-order valence-corrected chi connectivity index (χ1v) is 12.6. The van der Waals surface area contributed by atoms with Crippen LogP contribution in [0.4, 0.5) is 11.6 Å². The number of benzene rings is 2. The Morgan fingerprint density at radius 2 is 1.39 bits per heavy atom. The molecule has 4 aromatic rings. The lowest BCUT2D eigenvalue weighted by Crippen LogP contribution is -2.14. The van der Waals surface area contributed by atoms with E-state index in [1.54, 1.807) is 42.1 Å². The molecule has 36 heavy (non-hydrogen) atoms. The summed E-state index contributed by atoms with van der Waals surface area (Å²) in [6.45, 7) is 8.35. The Balaban J connectivity index is 0.000000201. The smallest absolute Gasteiger partial charge is 0.258 e. The van der Waals surface area contributed by atoms with E-state index in [0.717, 1.165) is 21.1 Å². The van der Waals surface area contributed by atoms with Crippen LogP contribution < -0.4 is 10.6 Å². The van der Waals surface area contributed by atoms with Crippen LogP contribution in [0, 0.1) is 0 Å². The van der Waals surface area contributed by atoms with E-state index in [9.17, 15) is 9.59 Å². The van der Waals surface area contributed by atoms with E-state index in [1.165, 1.54) is 0 Å². The number of nitrogens with one attached hydrogen (secondary N) is 2. The number of nitrogens with zero attached hydrogens (tertiary/aromatic N) is 3. The molecule has 0 aliphatic rings. The van der Waals surface area contributed by atoms with Crippen molar-refractivity contribution in [3.8, 4) is 0 Å². The average Bonchev–Trinajstić information content (AvgIpc) is 3.34. The zero-order valence-electron chi connectivity index (χ0n) is 20.9. The lowest BCUT2D eigenvalue weighted by molar-refractivity contribution is -0.115. The molecule has 4 rings (SSSR count). The van der Waals surface area contributed by atoms with Crippen LogP contribution in [0.5, 0.6) is 0 Å². The standard InChI is InChI=1S/C14H15N3O.C14H16N2OS/c1-10(2)12-8-15-14(16-9-12)17-13(18)11-6-4-3-5-7-11;1-10(2)14-15-9-12(18-14)8-13(17)16-11-6-4-3-5-7-11/h3-10H,1-2H3,(H,15,16,17,18);3-7,9-10H,8H2,1-2H3,(H,16,17). The predicted molar refractivity (Wildman–Crippen MR) is 145 cm³/mol. The maximum atomic E-state index is 11.8. The molecule has 0 aliphatic carbocycles. The number of carbonyl (C=O) groups excluding carboxylic acids is 2. The Bertz CT molecular complexity index is 1240. The molecule has 0 unspecified atom stereocenters. The fourth-order valence-corrected chi connectivity index (χ4v) is 3.94. The number of amides is 2. The van der Waals surface area contributed by atoms with Gasteiger partial charge in [-0.25, -0.2) is 15.0 Å². The highest BCUT2D eigenvalue weighted by Gasteiger charge is 2.10. The molecule has 8 heteroatoms. The molecule has 0 saturated carbocycles. The summed E-state index contributed by atoms with van der Waals surface area (Å²) < 4.78 is 0. The number of hydrogen-bond donors (Lipinski definition) is 2. The van der Waals surface area contributed by atoms with Crippen LogP contribution >= 0.6 is 11.3 Å². The van der Waals surface area contributed by atoms with Gasteiger partial charge < -0.3 is 5.32 Å². The molecule has 2 heterocycles. The maximum absolute atomic E-state index is 11.8. The van der Waals surface area contributed by atoms with Gasteiger partial charge in [-0.05, 0) is 35.7 Å². The van der Waals surface area contributed by atoms with Gasteiger partial charge in [0.2, 0.25) is 11.9 Å². The summed E-state index contributed by atoms with van der Waals surface area (Å²) in [5.74, 6) is 0.922. The molecular formula is C28H31N5O2S. The van der Waals surface area contributed by atoms with Crippen LogP contribution in [0.15, 0.2) is 79.3 Å². The molecule has 2 aromatic heterocycles. The number of carbonyl (C=O) groups is 2. The third-order valence-electron chi connectivity index (χ3n) is 5.06. The second-order valence-electron chi connectivity index (χ2n) is 8.73. The summed E-state index contributed by atoms with van der Waals surface area (Å²) >= 11 is 1.61. The Kier molecular flexibility index (Phi) is 9.82. The van der Waals surface area contributed by atoms with Crippen molar-refractivity contribution in [1.29, 1.82) is 0 Å². The molecule has 0 aliphatic heterocycles. The number of anilines is 2. The molecule has 2 N–H and O–H groups in total. The van der Waals surface area contributed by atoms with Crippen molar-refractivity contribution in [3.05, 3.63) is 100 Å². The Morgan fingerprint density at radius 3 is 1.94 bits per heavy atom. The van der Waals surface area contributed by atoms with Crippen molar-refractivity contribution in [2.45, 2.75) is 46.0 Å². The van der Waals surface area contributed by atoms with Crippen LogP contribution in [-0.2, 0) is 11.2 Å². The largest absolute Gasteiger partial charge is 0.326 e. The van der Waals surface area contributed by atoms with Crippen LogP contribution in [-0.4, -0.2) is 26.8 Å². The Morgan fingerprint density at radius 1 is 0.778 bits per heavy atom. The summed E-state index contributed by atoms with van der Waals surface area (Å²) in [5, 5.41) is 6.61. The number of rotatable bonds is 7. The maximum Gasteiger partial charge on any atom is 0.258 e. The van der Waals surface area contributed by atoms with Gasteiger partial charge in [-0.15, -0.1) is 11.3 Å². The topological polar surface area (TPSA) is 96.9 Å². The fourth-order valence-electron chi connectivity index (χ4n) is 3.02. The summed E-state index contributed by atoms with van der Waals surface area (Å²) in [5.41, 5.74) is 2.47. The highest BCUT2D eigenvalue weighted by molar-refractivity contribution is 7.11.